The lowest BCUT2D eigenvalue weighted by molar-refractivity contribution is -0.384. The summed E-state index contributed by atoms with van der Waals surface area (Å²) >= 11 is 0. The number of nitrogens with zero attached hydrogens (tertiary/aromatic N) is 3. The van der Waals surface area contributed by atoms with Gasteiger partial charge in [0, 0.05) is 31.4 Å². The summed E-state index contributed by atoms with van der Waals surface area (Å²) in [6.45, 7) is 3.76. The molecular weight excluding hydrogens is 350 g/mol. The van der Waals surface area contributed by atoms with Gasteiger partial charge in [-0.2, -0.15) is 0 Å². The highest BCUT2D eigenvalue weighted by atomic mass is 16.7. The standard InChI is InChI=1S/C19H21N3O5/c1-3-21(11-14-4-9-17-18(10-14)27-13-26-17)12-19(23)20(2)15-5-7-16(8-6-15)22(24)25/h4-10H,3,11-13H2,1-2H3. The molecule has 1 heterocycles. The van der Waals surface area contributed by atoms with Crippen molar-refractivity contribution in [2.75, 3.05) is 31.8 Å². The molecule has 0 saturated carbocycles. The van der Waals surface area contributed by atoms with Crippen molar-refractivity contribution in [3.63, 3.8) is 0 Å². The Bertz CT molecular complexity index is 838. The smallest absolute Gasteiger partial charge is 0.269 e. The van der Waals surface area contributed by atoms with Crippen molar-refractivity contribution in [3.05, 3.63) is 58.1 Å². The van der Waals surface area contributed by atoms with E-state index in [1.165, 1.54) is 17.0 Å². The van der Waals surface area contributed by atoms with Crippen LogP contribution in [0.3, 0.4) is 0 Å². The van der Waals surface area contributed by atoms with E-state index in [0.29, 0.717) is 18.8 Å². The van der Waals surface area contributed by atoms with Crippen LogP contribution in [0.4, 0.5) is 11.4 Å². The molecule has 0 aliphatic carbocycles. The van der Waals surface area contributed by atoms with E-state index in [0.717, 1.165) is 17.1 Å². The summed E-state index contributed by atoms with van der Waals surface area (Å²) < 4.78 is 10.7. The quantitative estimate of drug-likeness (QED) is 0.550. The number of nitro groups is 1. The first-order valence-electron chi connectivity index (χ1n) is 8.60. The van der Waals surface area contributed by atoms with Gasteiger partial charge in [0.15, 0.2) is 11.5 Å². The first kappa shape index (κ1) is 18.7. The highest BCUT2D eigenvalue weighted by Gasteiger charge is 2.18. The van der Waals surface area contributed by atoms with Crippen LogP contribution in [0.25, 0.3) is 0 Å². The second-order valence-corrected chi connectivity index (χ2v) is 6.22. The Morgan fingerprint density at radius 3 is 2.52 bits per heavy atom. The van der Waals surface area contributed by atoms with Crippen LogP contribution in [0, 0.1) is 10.1 Å². The van der Waals surface area contributed by atoms with Crippen molar-refractivity contribution >= 4 is 17.3 Å². The molecule has 0 spiro atoms. The number of non-ortho nitro benzene ring substituents is 1. The zero-order valence-corrected chi connectivity index (χ0v) is 15.3. The molecule has 3 rings (SSSR count). The third-order valence-electron chi connectivity index (χ3n) is 4.47. The third kappa shape index (κ3) is 4.35. The molecule has 8 heteroatoms. The van der Waals surface area contributed by atoms with E-state index in [9.17, 15) is 14.9 Å². The number of hydrogen-bond acceptors (Lipinski definition) is 6. The van der Waals surface area contributed by atoms with Crippen LogP contribution in [0.1, 0.15) is 12.5 Å². The molecular formula is C19H21N3O5. The van der Waals surface area contributed by atoms with Gasteiger partial charge in [-0.05, 0) is 36.4 Å². The number of rotatable bonds is 7. The summed E-state index contributed by atoms with van der Waals surface area (Å²) in [5.41, 5.74) is 1.65. The van der Waals surface area contributed by atoms with Crippen LogP contribution < -0.4 is 14.4 Å². The second-order valence-electron chi connectivity index (χ2n) is 6.22. The maximum absolute atomic E-state index is 12.6. The van der Waals surface area contributed by atoms with Gasteiger partial charge in [0.25, 0.3) is 5.69 Å². The van der Waals surface area contributed by atoms with Gasteiger partial charge < -0.3 is 14.4 Å². The van der Waals surface area contributed by atoms with Gasteiger partial charge in [-0.3, -0.25) is 19.8 Å². The number of carbonyl (C=O) groups excluding carboxylic acids is 1. The largest absolute Gasteiger partial charge is 0.454 e. The molecule has 0 saturated heterocycles. The zero-order chi connectivity index (χ0) is 19.4. The minimum atomic E-state index is -0.463. The van der Waals surface area contributed by atoms with E-state index >= 15 is 0 Å². The lowest BCUT2D eigenvalue weighted by Crippen LogP contribution is -2.38. The maximum atomic E-state index is 12.6. The molecule has 1 aliphatic heterocycles. The van der Waals surface area contributed by atoms with Gasteiger partial charge in [-0.1, -0.05) is 13.0 Å². The average molecular weight is 371 g/mol. The minimum absolute atomic E-state index is 0.00223. The van der Waals surface area contributed by atoms with Gasteiger partial charge >= 0.3 is 0 Å². The monoisotopic (exact) mass is 371 g/mol. The summed E-state index contributed by atoms with van der Waals surface area (Å²) in [5, 5.41) is 10.7. The number of amides is 1. The van der Waals surface area contributed by atoms with Crippen LogP contribution in [-0.2, 0) is 11.3 Å². The van der Waals surface area contributed by atoms with Crippen LogP contribution in [-0.4, -0.2) is 42.7 Å². The number of hydrogen-bond donors (Lipinski definition) is 0. The molecule has 0 N–H and O–H groups in total. The van der Waals surface area contributed by atoms with E-state index in [4.69, 9.17) is 9.47 Å². The normalized spacial score (nSPS) is 12.3. The molecule has 0 unspecified atom stereocenters. The Hall–Kier alpha value is -3.13. The Labute approximate surface area is 157 Å². The minimum Gasteiger partial charge on any atom is -0.454 e. The molecule has 8 nitrogen and oxygen atoms in total. The number of anilines is 1. The maximum Gasteiger partial charge on any atom is 0.269 e. The SMILES string of the molecule is CCN(CC(=O)N(C)c1ccc([N+](=O)[O-])cc1)Cc1ccc2c(c1)OCO2. The van der Waals surface area contributed by atoms with Crippen molar-refractivity contribution in [2.24, 2.45) is 0 Å². The zero-order valence-electron chi connectivity index (χ0n) is 15.3. The molecule has 0 aromatic heterocycles. The lowest BCUT2D eigenvalue weighted by Gasteiger charge is -2.24. The van der Waals surface area contributed by atoms with Crippen molar-refractivity contribution in [1.82, 2.24) is 4.90 Å². The summed E-state index contributed by atoms with van der Waals surface area (Å²) in [7, 11) is 1.66. The van der Waals surface area contributed by atoms with E-state index < -0.39 is 4.92 Å². The summed E-state index contributed by atoms with van der Waals surface area (Å²) in [6, 6.07) is 11.7. The molecule has 1 aliphatic rings. The predicted octanol–water partition coefficient (Wildman–Crippen LogP) is 2.81. The van der Waals surface area contributed by atoms with Crippen molar-refractivity contribution < 1.29 is 19.2 Å². The number of benzene rings is 2. The van der Waals surface area contributed by atoms with Gasteiger partial charge in [0.2, 0.25) is 12.7 Å². The van der Waals surface area contributed by atoms with Gasteiger partial charge in [-0.15, -0.1) is 0 Å². The van der Waals surface area contributed by atoms with Gasteiger partial charge in [0.05, 0.1) is 11.5 Å². The van der Waals surface area contributed by atoms with Crippen LogP contribution in [0.15, 0.2) is 42.5 Å². The summed E-state index contributed by atoms with van der Waals surface area (Å²) in [6.07, 6.45) is 0. The number of ether oxygens (including phenoxy) is 2. The first-order valence-corrected chi connectivity index (χ1v) is 8.60. The van der Waals surface area contributed by atoms with Crippen molar-refractivity contribution in [2.45, 2.75) is 13.5 Å². The molecule has 142 valence electrons. The molecule has 2 aromatic carbocycles. The number of carbonyl (C=O) groups is 1. The van der Waals surface area contributed by atoms with Crippen LogP contribution in [0.5, 0.6) is 11.5 Å². The fraction of sp³-hybridized carbons (Fsp3) is 0.316. The number of nitro benzene ring substituents is 1. The molecule has 0 bridgehead atoms. The van der Waals surface area contributed by atoms with Crippen LogP contribution in [0.2, 0.25) is 0 Å². The molecule has 27 heavy (non-hydrogen) atoms. The summed E-state index contributed by atoms with van der Waals surface area (Å²) in [5.74, 6) is 1.36. The highest BCUT2D eigenvalue weighted by Crippen LogP contribution is 2.32. The fourth-order valence-corrected chi connectivity index (χ4v) is 2.82. The van der Waals surface area contributed by atoms with E-state index in [2.05, 4.69) is 0 Å². The fourth-order valence-electron chi connectivity index (χ4n) is 2.82. The third-order valence-corrected chi connectivity index (χ3v) is 4.47. The van der Waals surface area contributed by atoms with Crippen molar-refractivity contribution in [3.8, 4) is 11.5 Å². The molecule has 0 atom stereocenters. The second kappa shape index (κ2) is 8.05. The highest BCUT2D eigenvalue weighted by molar-refractivity contribution is 5.94. The topological polar surface area (TPSA) is 85.2 Å². The average Bonchev–Trinajstić information content (AvgIpc) is 3.14. The van der Waals surface area contributed by atoms with Gasteiger partial charge in [-0.25, -0.2) is 0 Å². The molecule has 2 aromatic rings. The van der Waals surface area contributed by atoms with E-state index in [-0.39, 0.29) is 24.9 Å². The Morgan fingerprint density at radius 1 is 1.15 bits per heavy atom. The lowest BCUT2D eigenvalue weighted by atomic mass is 10.2. The van der Waals surface area contributed by atoms with E-state index in [1.54, 1.807) is 19.2 Å². The van der Waals surface area contributed by atoms with E-state index in [1.807, 2.05) is 30.0 Å². The van der Waals surface area contributed by atoms with Gasteiger partial charge in [0.1, 0.15) is 0 Å². The predicted molar refractivity (Wildman–Crippen MR) is 100 cm³/mol. The molecule has 0 radical (unpaired) electrons. The summed E-state index contributed by atoms with van der Waals surface area (Å²) in [4.78, 5) is 26.4. The number of fused-ring (bicyclic) bond motifs is 1. The Kier molecular flexibility index (Phi) is 5.56. The molecule has 1 amide bonds. The first-order chi connectivity index (χ1) is 13.0. The van der Waals surface area contributed by atoms with Crippen molar-refractivity contribution in [1.29, 1.82) is 0 Å². The molecule has 0 fully saturated rings. The number of likely N-dealkylation sites (N-methyl/N-ethyl adjacent to an activating group) is 2. The Morgan fingerprint density at radius 2 is 1.85 bits per heavy atom. The van der Waals surface area contributed by atoms with Crippen LogP contribution >= 0.6 is 0 Å². The Balaban J connectivity index is 1.63.